The summed E-state index contributed by atoms with van der Waals surface area (Å²) in [7, 11) is 0. The van der Waals surface area contributed by atoms with Crippen LogP contribution in [-0.2, 0) is 4.79 Å². The van der Waals surface area contributed by atoms with Crippen LogP contribution in [0.4, 0.5) is 0 Å². The van der Waals surface area contributed by atoms with Crippen LogP contribution in [0, 0.1) is 5.92 Å². The number of nitrogens with one attached hydrogen (secondary N) is 1. The van der Waals surface area contributed by atoms with Crippen molar-refractivity contribution in [3.05, 3.63) is 0 Å². The number of carbonyl (C=O) groups is 1. The van der Waals surface area contributed by atoms with E-state index in [1.54, 1.807) is 0 Å². The van der Waals surface area contributed by atoms with Crippen LogP contribution in [0.1, 0.15) is 59.8 Å². The maximum Gasteiger partial charge on any atom is 0.237 e. The molecule has 3 atom stereocenters. The topological polar surface area (TPSA) is 58.4 Å². The highest BCUT2D eigenvalue weighted by Gasteiger charge is 2.32. The van der Waals surface area contributed by atoms with Crippen LogP contribution in [0.25, 0.3) is 0 Å². The Morgan fingerprint density at radius 3 is 2.50 bits per heavy atom. The fraction of sp³-hybridized carbons (Fsp3) is 0.938. The molecule has 1 heterocycles. The van der Waals surface area contributed by atoms with Crippen molar-refractivity contribution in [1.82, 2.24) is 10.2 Å². The summed E-state index contributed by atoms with van der Waals surface area (Å²) in [4.78, 5) is 14.7. The Kier molecular flexibility index (Phi) is 7.52. The van der Waals surface area contributed by atoms with Gasteiger partial charge in [0.1, 0.15) is 0 Å². The number of amides is 1. The number of piperidine rings is 1. The molecule has 0 aliphatic carbocycles. The Morgan fingerprint density at radius 1 is 1.35 bits per heavy atom. The lowest BCUT2D eigenvalue weighted by atomic mass is 9.88. The fourth-order valence-corrected chi connectivity index (χ4v) is 3.23. The summed E-state index contributed by atoms with van der Waals surface area (Å²) < 4.78 is 0. The number of nitrogens with zero attached hydrogens (tertiary/aromatic N) is 1. The maximum absolute atomic E-state index is 12.4. The molecule has 0 radical (unpaired) electrons. The predicted octanol–water partition coefficient (Wildman–Crippen LogP) is 2.13. The van der Waals surface area contributed by atoms with Crippen LogP contribution < -0.4 is 11.1 Å². The van der Waals surface area contributed by atoms with E-state index in [0.29, 0.717) is 18.6 Å². The van der Waals surface area contributed by atoms with Gasteiger partial charge in [-0.05, 0) is 45.1 Å². The van der Waals surface area contributed by atoms with Crippen LogP contribution in [0.5, 0.6) is 0 Å². The average molecular weight is 283 g/mol. The van der Waals surface area contributed by atoms with Gasteiger partial charge in [0.15, 0.2) is 0 Å². The third-order valence-corrected chi connectivity index (χ3v) is 4.93. The molecular weight excluding hydrogens is 250 g/mol. The van der Waals surface area contributed by atoms with Gasteiger partial charge in [-0.3, -0.25) is 9.69 Å². The van der Waals surface area contributed by atoms with Crippen molar-refractivity contribution in [3.8, 4) is 0 Å². The molecule has 0 aromatic heterocycles. The van der Waals surface area contributed by atoms with E-state index in [1.807, 2.05) is 6.92 Å². The lowest BCUT2D eigenvalue weighted by molar-refractivity contribution is -0.128. The summed E-state index contributed by atoms with van der Waals surface area (Å²) in [6.45, 7) is 10.2. The van der Waals surface area contributed by atoms with Gasteiger partial charge in [0, 0.05) is 18.6 Å². The molecule has 0 spiro atoms. The van der Waals surface area contributed by atoms with Crippen LogP contribution in [0.15, 0.2) is 0 Å². The van der Waals surface area contributed by atoms with Crippen LogP contribution in [-0.4, -0.2) is 42.0 Å². The van der Waals surface area contributed by atoms with Crippen molar-refractivity contribution >= 4 is 5.91 Å². The second-order valence-corrected chi connectivity index (χ2v) is 6.12. The van der Waals surface area contributed by atoms with E-state index in [4.69, 9.17) is 5.73 Å². The van der Waals surface area contributed by atoms with E-state index < -0.39 is 0 Å². The molecule has 1 rings (SSSR count). The molecular formula is C16H33N3O. The predicted molar refractivity (Wildman–Crippen MR) is 84.5 cm³/mol. The monoisotopic (exact) mass is 283 g/mol. The van der Waals surface area contributed by atoms with Gasteiger partial charge in [0.25, 0.3) is 0 Å². The van der Waals surface area contributed by atoms with E-state index in [2.05, 4.69) is 31.0 Å². The van der Waals surface area contributed by atoms with Gasteiger partial charge in [0.05, 0.1) is 6.04 Å². The number of hydrogen-bond donors (Lipinski definition) is 2. The summed E-state index contributed by atoms with van der Waals surface area (Å²) in [5.74, 6) is 0.932. The summed E-state index contributed by atoms with van der Waals surface area (Å²) in [6, 6.07) is 0.590. The van der Waals surface area contributed by atoms with Crippen molar-refractivity contribution in [2.45, 2.75) is 77.9 Å². The number of hydrogen-bond acceptors (Lipinski definition) is 3. The van der Waals surface area contributed by atoms with Crippen molar-refractivity contribution in [1.29, 1.82) is 0 Å². The molecule has 1 aliphatic rings. The van der Waals surface area contributed by atoms with Crippen LogP contribution in [0.3, 0.4) is 0 Å². The van der Waals surface area contributed by atoms with E-state index in [1.165, 1.54) is 12.8 Å². The largest absolute Gasteiger partial charge is 0.352 e. The molecule has 1 amide bonds. The van der Waals surface area contributed by atoms with Gasteiger partial charge >= 0.3 is 0 Å². The molecule has 4 heteroatoms. The van der Waals surface area contributed by atoms with Gasteiger partial charge < -0.3 is 11.1 Å². The minimum absolute atomic E-state index is 0.0676. The average Bonchev–Trinajstić information content (AvgIpc) is 2.50. The number of nitrogens with two attached hydrogens (primary N) is 1. The number of likely N-dealkylation sites (tertiary alicyclic amines) is 1. The zero-order valence-electron chi connectivity index (χ0n) is 13.7. The lowest BCUT2D eigenvalue weighted by Crippen LogP contribution is -2.56. The van der Waals surface area contributed by atoms with Crippen molar-refractivity contribution in [3.63, 3.8) is 0 Å². The number of rotatable bonds is 7. The second-order valence-electron chi connectivity index (χ2n) is 6.12. The molecule has 0 aromatic rings. The molecule has 3 unspecified atom stereocenters. The molecule has 1 fully saturated rings. The molecule has 1 aliphatic heterocycles. The summed E-state index contributed by atoms with van der Waals surface area (Å²) in [6.07, 6.45) is 5.53. The van der Waals surface area contributed by atoms with E-state index in [-0.39, 0.29) is 11.9 Å². The van der Waals surface area contributed by atoms with Crippen LogP contribution in [0.2, 0.25) is 0 Å². The minimum atomic E-state index is -0.0676. The SMILES string of the molecule is CCC1CCN(C(C)C(=O)NC(CC)CC)C(CN)C1. The van der Waals surface area contributed by atoms with Crippen molar-refractivity contribution in [2.24, 2.45) is 11.7 Å². The van der Waals surface area contributed by atoms with Gasteiger partial charge in [-0.25, -0.2) is 0 Å². The first kappa shape index (κ1) is 17.4. The molecule has 0 aromatic carbocycles. The zero-order chi connectivity index (χ0) is 15.1. The molecule has 0 bridgehead atoms. The van der Waals surface area contributed by atoms with Crippen LogP contribution >= 0.6 is 0 Å². The first-order valence-corrected chi connectivity index (χ1v) is 8.33. The van der Waals surface area contributed by atoms with Gasteiger partial charge in [0.2, 0.25) is 5.91 Å². The minimum Gasteiger partial charge on any atom is -0.352 e. The summed E-state index contributed by atoms with van der Waals surface area (Å²) in [5, 5.41) is 3.16. The quantitative estimate of drug-likeness (QED) is 0.752. The third-order valence-electron chi connectivity index (χ3n) is 4.93. The summed E-state index contributed by atoms with van der Waals surface area (Å²) in [5.41, 5.74) is 5.93. The van der Waals surface area contributed by atoms with Crippen molar-refractivity contribution in [2.75, 3.05) is 13.1 Å². The van der Waals surface area contributed by atoms with E-state index in [9.17, 15) is 4.79 Å². The van der Waals surface area contributed by atoms with E-state index in [0.717, 1.165) is 31.7 Å². The fourth-order valence-electron chi connectivity index (χ4n) is 3.23. The Balaban J connectivity index is 2.60. The third kappa shape index (κ3) is 4.45. The number of carbonyl (C=O) groups excluding carboxylic acids is 1. The Morgan fingerprint density at radius 2 is 2.00 bits per heavy atom. The molecule has 0 saturated carbocycles. The van der Waals surface area contributed by atoms with Gasteiger partial charge in [-0.2, -0.15) is 0 Å². The van der Waals surface area contributed by atoms with Gasteiger partial charge in [-0.15, -0.1) is 0 Å². The maximum atomic E-state index is 12.4. The Bertz CT molecular complexity index is 291. The summed E-state index contributed by atoms with van der Waals surface area (Å²) >= 11 is 0. The molecule has 4 nitrogen and oxygen atoms in total. The lowest BCUT2D eigenvalue weighted by Gasteiger charge is -2.42. The Labute approximate surface area is 124 Å². The van der Waals surface area contributed by atoms with Crippen molar-refractivity contribution < 1.29 is 4.79 Å². The zero-order valence-corrected chi connectivity index (χ0v) is 13.7. The van der Waals surface area contributed by atoms with E-state index >= 15 is 0 Å². The highest BCUT2D eigenvalue weighted by Crippen LogP contribution is 2.26. The normalized spacial score (nSPS) is 25.7. The highest BCUT2D eigenvalue weighted by atomic mass is 16.2. The first-order valence-electron chi connectivity index (χ1n) is 8.33. The first-order chi connectivity index (χ1) is 9.57. The molecule has 1 saturated heterocycles. The molecule has 3 N–H and O–H groups in total. The standard InChI is InChI=1S/C16H33N3O/c1-5-13-8-9-19(15(10-13)11-17)12(4)16(20)18-14(6-2)7-3/h12-15H,5-11,17H2,1-4H3,(H,18,20). The smallest absolute Gasteiger partial charge is 0.237 e. The second kappa shape index (κ2) is 8.63. The van der Waals surface area contributed by atoms with Gasteiger partial charge in [-0.1, -0.05) is 27.2 Å². The molecule has 20 heavy (non-hydrogen) atoms. The highest BCUT2D eigenvalue weighted by molar-refractivity contribution is 5.81. The Hall–Kier alpha value is -0.610. The molecule has 118 valence electrons.